The highest BCUT2D eigenvalue weighted by atomic mass is 16.6. The maximum absolute atomic E-state index is 12.7. The van der Waals surface area contributed by atoms with E-state index in [0.29, 0.717) is 19.4 Å². The van der Waals surface area contributed by atoms with Gasteiger partial charge in [-0.05, 0) is 57.8 Å². The van der Waals surface area contributed by atoms with Crippen molar-refractivity contribution in [3.8, 4) is 0 Å². The third-order valence-corrected chi connectivity index (χ3v) is 12.2. The molecule has 0 radical (unpaired) electrons. The average Bonchev–Trinajstić information content (AvgIpc) is 3.27. The summed E-state index contributed by atoms with van der Waals surface area (Å²) in [5.41, 5.74) is 0. The number of hydrogen-bond acceptors (Lipinski definition) is 5. The van der Waals surface area contributed by atoms with Crippen molar-refractivity contribution in [3.63, 3.8) is 0 Å². The van der Waals surface area contributed by atoms with E-state index in [1.165, 1.54) is 205 Å². The normalized spacial score (nSPS) is 12.4. The molecule has 0 fully saturated rings. The Morgan fingerprint density at radius 2 is 0.677 bits per heavy atom. The van der Waals surface area contributed by atoms with E-state index in [0.717, 1.165) is 51.4 Å². The van der Waals surface area contributed by atoms with Crippen molar-refractivity contribution < 1.29 is 23.8 Å². The summed E-state index contributed by atoms with van der Waals surface area (Å²) in [5.74, 6) is -0.393. The fourth-order valence-electron chi connectivity index (χ4n) is 8.05. The monoisotopic (exact) mass is 871 g/mol. The van der Waals surface area contributed by atoms with Gasteiger partial charge in [0.25, 0.3) is 0 Å². The van der Waals surface area contributed by atoms with Crippen LogP contribution in [0.3, 0.4) is 0 Å². The van der Waals surface area contributed by atoms with Gasteiger partial charge in [-0.2, -0.15) is 0 Å². The molecule has 5 heteroatoms. The molecule has 364 valence electrons. The van der Waals surface area contributed by atoms with E-state index in [4.69, 9.17) is 14.2 Å². The van der Waals surface area contributed by atoms with E-state index in [1.807, 2.05) is 0 Å². The zero-order valence-corrected chi connectivity index (χ0v) is 41.9. The van der Waals surface area contributed by atoms with Crippen LogP contribution in [-0.2, 0) is 23.8 Å². The molecule has 0 saturated carbocycles. The minimum Gasteiger partial charge on any atom is -0.462 e. The van der Waals surface area contributed by atoms with Gasteiger partial charge >= 0.3 is 11.9 Å². The van der Waals surface area contributed by atoms with Gasteiger partial charge in [-0.1, -0.05) is 256 Å². The lowest BCUT2D eigenvalue weighted by atomic mass is 10.0. The van der Waals surface area contributed by atoms with E-state index in [9.17, 15) is 9.59 Å². The van der Waals surface area contributed by atoms with Crippen molar-refractivity contribution in [1.82, 2.24) is 0 Å². The minimum atomic E-state index is -0.534. The molecule has 62 heavy (non-hydrogen) atoms. The first kappa shape index (κ1) is 60.1. The second-order valence-corrected chi connectivity index (χ2v) is 18.5. The first-order valence-corrected chi connectivity index (χ1v) is 27.5. The standard InChI is InChI=1S/C57H106O5/c1-4-7-10-13-16-18-20-22-24-26-28-30-32-34-36-38-40-43-46-49-52-60-53-55(62-57(59)51-48-45-41-15-12-9-6-3)54-61-56(58)50-47-44-42-39-37-35-33-31-29-27-25-23-21-19-17-14-11-8-5-2/h16,18,22,24,28,30,55H,4-15,17,19-21,23,25-27,29,31-54H2,1-3H3/b18-16-,24-22-,30-28-. The lowest BCUT2D eigenvalue weighted by Crippen LogP contribution is -2.30. The third-order valence-electron chi connectivity index (χ3n) is 12.2. The smallest absolute Gasteiger partial charge is 0.306 e. The van der Waals surface area contributed by atoms with Crippen LogP contribution >= 0.6 is 0 Å². The van der Waals surface area contributed by atoms with Gasteiger partial charge in [-0.25, -0.2) is 0 Å². The van der Waals surface area contributed by atoms with Crippen molar-refractivity contribution in [3.05, 3.63) is 36.5 Å². The molecule has 5 nitrogen and oxygen atoms in total. The van der Waals surface area contributed by atoms with Gasteiger partial charge in [0.15, 0.2) is 6.10 Å². The van der Waals surface area contributed by atoms with Crippen LogP contribution in [0.5, 0.6) is 0 Å². The minimum absolute atomic E-state index is 0.0868. The Labute approximate surface area is 387 Å². The Morgan fingerprint density at radius 3 is 1.11 bits per heavy atom. The summed E-state index contributed by atoms with van der Waals surface area (Å²) < 4.78 is 17.4. The predicted molar refractivity (Wildman–Crippen MR) is 270 cm³/mol. The Hall–Kier alpha value is -1.88. The van der Waals surface area contributed by atoms with Gasteiger partial charge in [0.1, 0.15) is 6.61 Å². The quantitative estimate of drug-likeness (QED) is 0.0346. The number of rotatable bonds is 51. The Bertz CT molecular complexity index is 986. The van der Waals surface area contributed by atoms with Crippen molar-refractivity contribution in [1.29, 1.82) is 0 Å². The van der Waals surface area contributed by atoms with Crippen LogP contribution in [-0.4, -0.2) is 37.9 Å². The summed E-state index contributed by atoms with van der Waals surface area (Å²) in [6, 6.07) is 0. The van der Waals surface area contributed by atoms with Crippen molar-refractivity contribution >= 4 is 11.9 Å². The molecule has 0 aromatic carbocycles. The number of hydrogen-bond donors (Lipinski definition) is 0. The van der Waals surface area contributed by atoms with E-state index < -0.39 is 6.10 Å². The zero-order chi connectivity index (χ0) is 44.9. The lowest BCUT2D eigenvalue weighted by Gasteiger charge is -2.18. The molecule has 0 aliphatic rings. The molecule has 1 unspecified atom stereocenters. The zero-order valence-electron chi connectivity index (χ0n) is 41.9. The van der Waals surface area contributed by atoms with Crippen LogP contribution in [0.2, 0.25) is 0 Å². The molecule has 0 aromatic heterocycles. The summed E-state index contributed by atoms with van der Waals surface area (Å²) in [7, 11) is 0. The fraction of sp³-hybridized carbons (Fsp3) is 0.860. The second-order valence-electron chi connectivity index (χ2n) is 18.5. The SMILES string of the molecule is CCCCC/C=C\C/C=C\C/C=C\CCCCCCCCCOCC(COC(=O)CCCCCCCCCCCCCCCCCCCCC)OC(=O)CCCCCCCCC. The fourth-order valence-corrected chi connectivity index (χ4v) is 8.05. The van der Waals surface area contributed by atoms with Crippen LogP contribution in [0.4, 0.5) is 0 Å². The molecule has 0 N–H and O–H groups in total. The topological polar surface area (TPSA) is 61.8 Å². The average molecular weight is 871 g/mol. The summed E-state index contributed by atoms with van der Waals surface area (Å²) in [6.45, 7) is 7.80. The van der Waals surface area contributed by atoms with Gasteiger partial charge < -0.3 is 14.2 Å². The molecule has 0 amide bonds. The number of allylic oxidation sites excluding steroid dienone is 6. The molecule has 1 atom stereocenters. The molecule has 0 rings (SSSR count). The van der Waals surface area contributed by atoms with Crippen LogP contribution in [0.25, 0.3) is 0 Å². The number of esters is 2. The van der Waals surface area contributed by atoms with Gasteiger partial charge in [0.05, 0.1) is 6.61 Å². The van der Waals surface area contributed by atoms with Crippen molar-refractivity contribution in [2.75, 3.05) is 19.8 Å². The largest absolute Gasteiger partial charge is 0.462 e. The first-order chi connectivity index (χ1) is 30.6. The maximum atomic E-state index is 12.7. The third kappa shape index (κ3) is 50.8. The summed E-state index contributed by atoms with van der Waals surface area (Å²) in [4.78, 5) is 25.3. The molecule has 0 spiro atoms. The predicted octanol–water partition coefficient (Wildman–Crippen LogP) is 18.6. The Morgan fingerprint density at radius 1 is 0.355 bits per heavy atom. The van der Waals surface area contributed by atoms with Crippen LogP contribution in [0, 0.1) is 0 Å². The molecule has 0 aromatic rings. The first-order valence-electron chi connectivity index (χ1n) is 27.5. The highest BCUT2D eigenvalue weighted by molar-refractivity contribution is 5.70. The van der Waals surface area contributed by atoms with E-state index in [2.05, 4.69) is 57.2 Å². The molecule has 0 heterocycles. The van der Waals surface area contributed by atoms with Crippen molar-refractivity contribution in [2.45, 2.75) is 297 Å². The molecular formula is C57H106O5. The summed E-state index contributed by atoms with van der Waals surface area (Å²) >= 11 is 0. The number of carbonyl (C=O) groups is 2. The maximum Gasteiger partial charge on any atom is 0.306 e. The van der Waals surface area contributed by atoms with Crippen LogP contribution in [0.1, 0.15) is 290 Å². The molecule has 0 saturated heterocycles. The molecule has 0 aliphatic carbocycles. The highest BCUT2D eigenvalue weighted by Crippen LogP contribution is 2.16. The van der Waals surface area contributed by atoms with E-state index in [-0.39, 0.29) is 25.2 Å². The van der Waals surface area contributed by atoms with Gasteiger partial charge in [0.2, 0.25) is 0 Å². The lowest BCUT2D eigenvalue weighted by molar-refractivity contribution is -0.163. The van der Waals surface area contributed by atoms with E-state index >= 15 is 0 Å². The number of ether oxygens (including phenoxy) is 3. The molecular weight excluding hydrogens is 765 g/mol. The van der Waals surface area contributed by atoms with Crippen LogP contribution in [0.15, 0.2) is 36.5 Å². The Kier molecular flexibility index (Phi) is 51.8. The summed E-state index contributed by atoms with van der Waals surface area (Å²) in [6.07, 6.45) is 64.6. The van der Waals surface area contributed by atoms with Crippen molar-refractivity contribution in [2.24, 2.45) is 0 Å². The van der Waals surface area contributed by atoms with Gasteiger partial charge in [-0.3, -0.25) is 9.59 Å². The van der Waals surface area contributed by atoms with Gasteiger partial charge in [0, 0.05) is 19.4 Å². The Balaban J connectivity index is 4.06. The van der Waals surface area contributed by atoms with Crippen LogP contribution < -0.4 is 0 Å². The highest BCUT2D eigenvalue weighted by Gasteiger charge is 2.17. The summed E-state index contributed by atoms with van der Waals surface area (Å²) in [5, 5.41) is 0. The number of carbonyl (C=O) groups excluding carboxylic acids is 2. The molecule has 0 aliphatic heterocycles. The van der Waals surface area contributed by atoms with E-state index in [1.54, 1.807) is 0 Å². The molecule has 0 bridgehead atoms. The number of unbranched alkanes of at least 4 members (excludes halogenated alkanes) is 34. The second kappa shape index (κ2) is 53.5. The van der Waals surface area contributed by atoms with Gasteiger partial charge in [-0.15, -0.1) is 0 Å².